The van der Waals surface area contributed by atoms with Crippen LogP contribution < -0.4 is 10.7 Å². The third-order valence-corrected chi connectivity index (χ3v) is 4.71. The largest absolute Gasteiger partial charge is 0.449 e. The molecule has 2 amide bonds. The summed E-state index contributed by atoms with van der Waals surface area (Å²) < 4.78 is 6.59. The summed E-state index contributed by atoms with van der Waals surface area (Å²) in [6.07, 6.45) is 1.23. The highest BCUT2D eigenvalue weighted by Crippen LogP contribution is 2.14. The van der Waals surface area contributed by atoms with Gasteiger partial charge in [0, 0.05) is 38.5 Å². The van der Waals surface area contributed by atoms with Gasteiger partial charge >= 0.3 is 6.09 Å². The number of nitrogens with zero attached hydrogens (tertiary/aromatic N) is 4. The molecule has 3 aromatic rings. The first-order chi connectivity index (χ1) is 15.9. The Labute approximate surface area is 190 Å². The first kappa shape index (κ1) is 23.2. The minimum atomic E-state index is -0.670. The summed E-state index contributed by atoms with van der Waals surface area (Å²) in [5.41, 5.74) is 2.53. The monoisotopic (exact) mass is 445 g/mol. The fourth-order valence-electron chi connectivity index (χ4n) is 2.99. The molecule has 1 heterocycles. The van der Waals surface area contributed by atoms with Crippen LogP contribution in [0, 0.1) is 11.3 Å². The molecule has 1 aromatic heterocycles. The van der Waals surface area contributed by atoms with E-state index in [4.69, 9.17) is 10.00 Å². The lowest BCUT2D eigenvalue weighted by atomic mass is 10.1. The van der Waals surface area contributed by atoms with Crippen molar-refractivity contribution in [1.29, 1.82) is 5.26 Å². The van der Waals surface area contributed by atoms with Crippen molar-refractivity contribution in [2.75, 3.05) is 26.0 Å². The first-order valence-electron chi connectivity index (χ1n) is 10.2. The maximum atomic E-state index is 12.4. The van der Waals surface area contributed by atoms with Crippen LogP contribution in [0.3, 0.4) is 0 Å². The Morgan fingerprint density at radius 3 is 2.70 bits per heavy atom. The molecular formula is C24H23N5O4. The Bertz CT molecular complexity index is 1260. The van der Waals surface area contributed by atoms with E-state index in [9.17, 15) is 14.4 Å². The number of amides is 2. The van der Waals surface area contributed by atoms with Crippen LogP contribution in [0.15, 0.2) is 65.6 Å². The summed E-state index contributed by atoms with van der Waals surface area (Å²) in [5, 5.41) is 16.1. The Hall–Kier alpha value is -4.45. The minimum Gasteiger partial charge on any atom is -0.449 e. The summed E-state index contributed by atoms with van der Waals surface area (Å²) in [6.45, 7) is -0.0248. The molecule has 2 aromatic carbocycles. The average molecular weight is 445 g/mol. The number of aromatic nitrogens is 2. The van der Waals surface area contributed by atoms with Crippen LogP contribution >= 0.6 is 0 Å². The second kappa shape index (κ2) is 10.7. The van der Waals surface area contributed by atoms with Gasteiger partial charge in [0.05, 0.1) is 23.7 Å². The van der Waals surface area contributed by atoms with E-state index in [1.807, 2.05) is 6.07 Å². The summed E-state index contributed by atoms with van der Waals surface area (Å²) in [5.74, 6) is -0.134. The van der Waals surface area contributed by atoms with Crippen molar-refractivity contribution in [3.05, 3.63) is 87.8 Å². The van der Waals surface area contributed by atoms with Crippen molar-refractivity contribution in [2.45, 2.75) is 12.8 Å². The van der Waals surface area contributed by atoms with Gasteiger partial charge in [0.2, 0.25) is 11.3 Å². The SMILES string of the molecule is CN(C)C(=O)CCOC(=O)Nc1cccc(Cc2nn(-c3cccc(C#N)c3)ccc2=O)c1. The van der Waals surface area contributed by atoms with Gasteiger partial charge in [0.15, 0.2) is 0 Å². The highest BCUT2D eigenvalue weighted by atomic mass is 16.5. The van der Waals surface area contributed by atoms with Gasteiger partial charge in [-0.05, 0) is 35.9 Å². The normalized spacial score (nSPS) is 10.2. The molecule has 0 saturated carbocycles. The van der Waals surface area contributed by atoms with Gasteiger partial charge in [0.25, 0.3) is 0 Å². The Balaban J connectivity index is 1.69. The van der Waals surface area contributed by atoms with E-state index in [0.717, 1.165) is 5.56 Å². The van der Waals surface area contributed by atoms with E-state index in [1.54, 1.807) is 67.4 Å². The summed E-state index contributed by atoms with van der Waals surface area (Å²) in [4.78, 5) is 37.3. The molecule has 0 bridgehead atoms. The molecule has 1 N–H and O–H groups in total. The molecule has 0 spiro atoms. The molecule has 9 heteroatoms. The molecule has 3 rings (SSSR count). The second-order valence-corrected chi connectivity index (χ2v) is 7.41. The fraction of sp³-hybridized carbons (Fsp3) is 0.208. The molecule has 0 radical (unpaired) electrons. The lowest BCUT2D eigenvalue weighted by molar-refractivity contribution is -0.129. The Morgan fingerprint density at radius 1 is 1.15 bits per heavy atom. The predicted molar refractivity (Wildman–Crippen MR) is 122 cm³/mol. The van der Waals surface area contributed by atoms with Crippen LogP contribution in [0.5, 0.6) is 0 Å². The van der Waals surface area contributed by atoms with E-state index in [1.165, 1.54) is 11.0 Å². The molecular weight excluding hydrogens is 422 g/mol. The molecule has 0 unspecified atom stereocenters. The summed E-state index contributed by atoms with van der Waals surface area (Å²) >= 11 is 0. The van der Waals surface area contributed by atoms with E-state index in [0.29, 0.717) is 22.6 Å². The van der Waals surface area contributed by atoms with Crippen LogP contribution in [0.25, 0.3) is 5.69 Å². The van der Waals surface area contributed by atoms with Gasteiger partial charge in [-0.15, -0.1) is 0 Å². The number of rotatable bonds is 7. The lowest BCUT2D eigenvalue weighted by Crippen LogP contribution is -2.24. The zero-order valence-electron chi connectivity index (χ0n) is 18.3. The third-order valence-electron chi connectivity index (χ3n) is 4.71. The summed E-state index contributed by atoms with van der Waals surface area (Å²) in [7, 11) is 3.27. The number of anilines is 1. The molecule has 0 aliphatic carbocycles. The number of hydrogen-bond donors (Lipinski definition) is 1. The number of carbonyl (C=O) groups excluding carboxylic acids is 2. The quantitative estimate of drug-likeness (QED) is 0.598. The van der Waals surface area contributed by atoms with Crippen molar-refractivity contribution in [1.82, 2.24) is 14.7 Å². The molecule has 9 nitrogen and oxygen atoms in total. The van der Waals surface area contributed by atoms with Crippen LogP contribution in [0.2, 0.25) is 0 Å². The molecule has 0 atom stereocenters. The van der Waals surface area contributed by atoms with Gasteiger partial charge < -0.3 is 9.64 Å². The molecule has 0 aliphatic heterocycles. The van der Waals surface area contributed by atoms with Crippen LogP contribution in [0.4, 0.5) is 10.5 Å². The molecule has 168 valence electrons. The van der Waals surface area contributed by atoms with E-state index in [-0.39, 0.29) is 30.8 Å². The highest BCUT2D eigenvalue weighted by molar-refractivity contribution is 5.85. The van der Waals surface area contributed by atoms with Gasteiger partial charge in [-0.25, -0.2) is 9.48 Å². The van der Waals surface area contributed by atoms with Crippen molar-refractivity contribution in [3.8, 4) is 11.8 Å². The van der Waals surface area contributed by atoms with E-state index in [2.05, 4.69) is 16.5 Å². The van der Waals surface area contributed by atoms with Gasteiger partial charge in [0.1, 0.15) is 12.3 Å². The standard InChI is InChI=1S/C24H23N5O4/c1-28(2)23(31)10-12-33-24(32)26-19-7-3-5-17(13-19)15-21-22(30)9-11-29(27-21)20-8-4-6-18(14-20)16-25/h3-9,11,13-14H,10,12,15H2,1-2H3,(H,26,32). The lowest BCUT2D eigenvalue weighted by Gasteiger charge is -2.11. The molecule has 0 saturated heterocycles. The van der Waals surface area contributed by atoms with Gasteiger partial charge in [-0.2, -0.15) is 10.4 Å². The smallest absolute Gasteiger partial charge is 0.411 e. The molecule has 0 fully saturated rings. The Kier molecular flexibility index (Phi) is 7.55. The number of carbonyl (C=O) groups is 2. The molecule has 0 aliphatic rings. The number of nitrogens with one attached hydrogen (secondary N) is 1. The number of ether oxygens (including phenoxy) is 1. The maximum absolute atomic E-state index is 12.4. The predicted octanol–water partition coefficient (Wildman–Crippen LogP) is 2.72. The fourth-order valence-corrected chi connectivity index (χ4v) is 2.99. The van der Waals surface area contributed by atoms with Crippen LogP contribution in [-0.2, 0) is 16.0 Å². The van der Waals surface area contributed by atoms with E-state index < -0.39 is 6.09 Å². The third kappa shape index (κ3) is 6.51. The van der Waals surface area contributed by atoms with Crippen molar-refractivity contribution < 1.29 is 14.3 Å². The highest BCUT2D eigenvalue weighted by Gasteiger charge is 2.10. The first-order valence-corrected chi connectivity index (χ1v) is 10.2. The number of benzene rings is 2. The minimum absolute atomic E-state index is 0.0248. The zero-order chi connectivity index (χ0) is 23.8. The Morgan fingerprint density at radius 2 is 1.94 bits per heavy atom. The van der Waals surface area contributed by atoms with Crippen molar-refractivity contribution in [3.63, 3.8) is 0 Å². The van der Waals surface area contributed by atoms with Crippen molar-refractivity contribution >= 4 is 17.7 Å². The summed E-state index contributed by atoms with van der Waals surface area (Å²) in [6, 6.07) is 17.4. The van der Waals surface area contributed by atoms with Crippen LogP contribution in [-0.4, -0.2) is 47.4 Å². The zero-order valence-corrected chi connectivity index (χ0v) is 18.3. The van der Waals surface area contributed by atoms with Gasteiger partial charge in [-0.3, -0.25) is 14.9 Å². The topological polar surface area (TPSA) is 117 Å². The molecule has 33 heavy (non-hydrogen) atoms. The maximum Gasteiger partial charge on any atom is 0.411 e. The van der Waals surface area contributed by atoms with Crippen molar-refractivity contribution in [2.24, 2.45) is 0 Å². The second-order valence-electron chi connectivity index (χ2n) is 7.41. The number of nitriles is 1. The number of hydrogen-bond acceptors (Lipinski definition) is 6. The van der Waals surface area contributed by atoms with Gasteiger partial charge in [-0.1, -0.05) is 18.2 Å². The average Bonchev–Trinajstić information content (AvgIpc) is 2.80. The van der Waals surface area contributed by atoms with Crippen LogP contribution in [0.1, 0.15) is 23.2 Å². The van der Waals surface area contributed by atoms with E-state index >= 15 is 0 Å².